The van der Waals surface area contributed by atoms with Gasteiger partial charge in [-0.1, -0.05) is 0 Å². The molecule has 4 heteroatoms. The van der Waals surface area contributed by atoms with Gasteiger partial charge in [0.05, 0.1) is 19.1 Å². The van der Waals surface area contributed by atoms with Gasteiger partial charge in [0, 0.05) is 17.2 Å². The van der Waals surface area contributed by atoms with Crippen LogP contribution in [0.1, 0.15) is 24.5 Å². The molecule has 19 heavy (non-hydrogen) atoms. The Labute approximate surface area is 113 Å². The van der Waals surface area contributed by atoms with E-state index in [0.29, 0.717) is 5.92 Å². The molecule has 0 spiro atoms. The second-order valence-electron chi connectivity index (χ2n) is 4.92. The van der Waals surface area contributed by atoms with E-state index in [1.165, 1.54) is 18.5 Å². The summed E-state index contributed by atoms with van der Waals surface area (Å²) in [4.78, 5) is 7.83. The number of H-pyrrole nitrogens is 1. The number of nitrogens with one attached hydrogen (secondary N) is 2. The molecule has 1 aliphatic rings. The third kappa shape index (κ3) is 2.49. The Morgan fingerprint density at radius 2 is 1.89 bits per heavy atom. The maximum atomic E-state index is 5.20. The predicted octanol–water partition coefficient (Wildman–Crippen LogP) is 2.55. The Hall–Kier alpha value is -1.81. The molecule has 2 heterocycles. The minimum atomic E-state index is 0.584. The average Bonchev–Trinajstić information content (AvgIpc) is 2.98. The Kier molecular flexibility index (Phi) is 3.51. The van der Waals surface area contributed by atoms with Crippen molar-refractivity contribution < 1.29 is 4.74 Å². The van der Waals surface area contributed by atoms with Gasteiger partial charge in [0.2, 0.25) is 0 Å². The summed E-state index contributed by atoms with van der Waals surface area (Å²) >= 11 is 0. The normalized spacial score (nSPS) is 16.5. The quantitative estimate of drug-likeness (QED) is 0.888. The van der Waals surface area contributed by atoms with Crippen LogP contribution in [0.4, 0.5) is 0 Å². The molecule has 2 aromatic rings. The standard InChI is InChI=1S/C15H19N3O/c1-19-13-4-2-11(3-5-13)14-15(18-10-17-14)12-6-8-16-9-7-12/h2-5,10,12,16H,6-9H2,1H3,(H,17,18). The van der Waals surface area contributed by atoms with E-state index < -0.39 is 0 Å². The number of aromatic amines is 1. The highest BCUT2D eigenvalue weighted by atomic mass is 16.5. The van der Waals surface area contributed by atoms with Gasteiger partial charge in [-0.3, -0.25) is 0 Å². The minimum Gasteiger partial charge on any atom is -0.497 e. The maximum absolute atomic E-state index is 5.20. The fourth-order valence-corrected chi connectivity index (χ4v) is 2.70. The van der Waals surface area contributed by atoms with Crippen LogP contribution in [0, 0.1) is 0 Å². The van der Waals surface area contributed by atoms with Crippen LogP contribution in [-0.2, 0) is 0 Å². The summed E-state index contributed by atoms with van der Waals surface area (Å²) in [5.74, 6) is 1.46. The average molecular weight is 257 g/mol. The van der Waals surface area contributed by atoms with E-state index in [2.05, 4.69) is 27.4 Å². The molecule has 0 aliphatic carbocycles. The first-order valence-electron chi connectivity index (χ1n) is 6.77. The van der Waals surface area contributed by atoms with Crippen molar-refractivity contribution in [3.05, 3.63) is 36.3 Å². The van der Waals surface area contributed by atoms with Gasteiger partial charge in [0.25, 0.3) is 0 Å². The summed E-state index contributed by atoms with van der Waals surface area (Å²) in [7, 11) is 1.68. The van der Waals surface area contributed by atoms with Gasteiger partial charge in [-0.05, 0) is 50.2 Å². The molecule has 1 aromatic heterocycles. The van der Waals surface area contributed by atoms with Crippen LogP contribution >= 0.6 is 0 Å². The van der Waals surface area contributed by atoms with Crippen molar-refractivity contribution in [2.24, 2.45) is 0 Å². The summed E-state index contributed by atoms with van der Waals surface area (Å²) in [6, 6.07) is 8.10. The third-order valence-corrected chi connectivity index (χ3v) is 3.78. The van der Waals surface area contributed by atoms with Gasteiger partial charge < -0.3 is 15.0 Å². The van der Waals surface area contributed by atoms with E-state index in [-0.39, 0.29) is 0 Å². The highest BCUT2D eigenvalue weighted by Crippen LogP contribution is 2.32. The molecule has 0 amide bonds. The second kappa shape index (κ2) is 5.45. The first kappa shape index (κ1) is 12.2. The number of hydrogen-bond donors (Lipinski definition) is 2. The zero-order chi connectivity index (χ0) is 13.1. The van der Waals surface area contributed by atoms with Crippen LogP contribution in [0.2, 0.25) is 0 Å². The lowest BCUT2D eigenvalue weighted by Crippen LogP contribution is -2.27. The fourth-order valence-electron chi connectivity index (χ4n) is 2.70. The molecule has 1 saturated heterocycles. The van der Waals surface area contributed by atoms with Gasteiger partial charge in [0.15, 0.2) is 0 Å². The number of piperidine rings is 1. The first-order chi connectivity index (χ1) is 9.38. The van der Waals surface area contributed by atoms with Gasteiger partial charge in [-0.25, -0.2) is 4.98 Å². The van der Waals surface area contributed by atoms with E-state index in [9.17, 15) is 0 Å². The van der Waals surface area contributed by atoms with E-state index in [4.69, 9.17) is 4.74 Å². The molecule has 100 valence electrons. The zero-order valence-corrected chi connectivity index (χ0v) is 11.1. The molecule has 0 radical (unpaired) electrons. The van der Waals surface area contributed by atoms with Crippen molar-refractivity contribution in [2.45, 2.75) is 18.8 Å². The molecule has 0 unspecified atom stereocenters. The van der Waals surface area contributed by atoms with E-state index >= 15 is 0 Å². The number of benzene rings is 1. The molecule has 1 aliphatic heterocycles. The SMILES string of the molecule is COc1ccc(-c2nc[nH]c2C2CCNCC2)cc1. The molecule has 4 nitrogen and oxygen atoms in total. The molecule has 3 rings (SSSR count). The minimum absolute atomic E-state index is 0.584. The Balaban J connectivity index is 1.89. The largest absolute Gasteiger partial charge is 0.497 e. The van der Waals surface area contributed by atoms with Gasteiger partial charge >= 0.3 is 0 Å². The molecule has 0 bridgehead atoms. The van der Waals surface area contributed by atoms with Gasteiger partial charge in [-0.2, -0.15) is 0 Å². The zero-order valence-electron chi connectivity index (χ0n) is 11.1. The lowest BCUT2D eigenvalue weighted by atomic mass is 9.92. The highest BCUT2D eigenvalue weighted by Gasteiger charge is 2.20. The van der Waals surface area contributed by atoms with Crippen LogP contribution < -0.4 is 10.1 Å². The van der Waals surface area contributed by atoms with Crippen LogP contribution in [-0.4, -0.2) is 30.2 Å². The van der Waals surface area contributed by atoms with Crippen molar-refractivity contribution >= 4 is 0 Å². The monoisotopic (exact) mass is 257 g/mol. The summed E-state index contributed by atoms with van der Waals surface area (Å²) in [5.41, 5.74) is 3.50. The maximum Gasteiger partial charge on any atom is 0.118 e. The number of nitrogens with zero attached hydrogens (tertiary/aromatic N) is 1. The molecular formula is C15H19N3O. The Morgan fingerprint density at radius 3 is 2.58 bits per heavy atom. The topological polar surface area (TPSA) is 49.9 Å². The van der Waals surface area contributed by atoms with Crippen LogP contribution in [0.5, 0.6) is 5.75 Å². The van der Waals surface area contributed by atoms with Crippen molar-refractivity contribution in [1.29, 1.82) is 0 Å². The summed E-state index contributed by atoms with van der Waals surface area (Å²) < 4.78 is 5.20. The van der Waals surface area contributed by atoms with Crippen molar-refractivity contribution in [1.82, 2.24) is 15.3 Å². The van der Waals surface area contributed by atoms with Crippen molar-refractivity contribution in [2.75, 3.05) is 20.2 Å². The van der Waals surface area contributed by atoms with Crippen molar-refractivity contribution in [3.8, 4) is 17.0 Å². The Bertz CT molecular complexity index is 527. The highest BCUT2D eigenvalue weighted by molar-refractivity contribution is 5.63. The van der Waals surface area contributed by atoms with E-state index in [1.54, 1.807) is 13.4 Å². The third-order valence-electron chi connectivity index (χ3n) is 3.78. The lowest BCUT2D eigenvalue weighted by molar-refractivity contribution is 0.415. The predicted molar refractivity (Wildman–Crippen MR) is 75.4 cm³/mol. The number of ether oxygens (including phenoxy) is 1. The molecule has 2 N–H and O–H groups in total. The van der Waals surface area contributed by atoms with Crippen molar-refractivity contribution in [3.63, 3.8) is 0 Å². The number of aromatic nitrogens is 2. The molecule has 0 saturated carbocycles. The van der Waals surface area contributed by atoms with Gasteiger partial charge in [-0.15, -0.1) is 0 Å². The van der Waals surface area contributed by atoms with E-state index in [0.717, 1.165) is 30.1 Å². The second-order valence-corrected chi connectivity index (χ2v) is 4.92. The summed E-state index contributed by atoms with van der Waals surface area (Å²) in [5, 5.41) is 3.40. The lowest BCUT2D eigenvalue weighted by Gasteiger charge is -2.22. The summed E-state index contributed by atoms with van der Waals surface area (Å²) in [6.07, 6.45) is 4.15. The van der Waals surface area contributed by atoms with Crippen LogP contribution in [0.25, 0.3) is 11.3 Å². The van der Waals surface area contributed by atoms with E-state index in [1.807, 2.05) is 12.1 Å². The van der Waals surface area contributed by atoms with Crippen LogP contribution in [0.3, 0.4) is 0 Å². The number of hydrogen-bond acceptors (Lipinski definition) is 3. The first-order valence-corrected chi connectivity index (χ1v) is 6.77. The molecule has 1 fully saturated rings. The Morgan fingerprint density at radius 1 is 1.16 bits per heavy atom. The summed E-state index contributed by atoms with van der Waals surface area (Å²) in [6.45, 7) is 2.18. The molecule has 0 atom stereocenters. The van der Waals surface area contributed by atoms with Gasteiger partial charge in [0.1, 0.15) is 5.75 Å². The number of rotatable bonds is 3. The number of imidazole rings is 1. The fraction of sp³-hybridized carbons (Fsp3) is 0.400. The number of methoxy groups -OCH3 is 1. The molecule has 1 aromatic carbocycles. The smallest absolute Gasteiger partial charge is 0.118 e. The molecular weight excluding hydrogens is 238 g/mol. The van der Waals surface area contributed by atoms with Crippen LogP contribution in [0.15, 0.2) is 30.6 Å².